The lowest BCUT2D eigenvalue weighted by Crippen LogP contribution is -2.25. The van der Waals surface area contributed by atoms with Crippen LogP contribution in [0.3, 0.4) is 0 Å². The zero-order chi connectivity index (χ0) is 14.0. The van der Waals surface area contributed by atoms with Gasteiger partial charge in [0, 0.05) is 21.7 Å². The number of rotatable bonds is 4. The van der Waals surface area contributed by atoms with Crippen LogP contribution in [0.25, 0.3) is 10.1 Å². The first-order chi connectivity index (χ1) is 8.99. The zero-order valence-corrected chi connectivity index (χ0v) is 11.9. The highest BCUT2D eigenvalue weighted by Gasteiger charge is 2.17. The molecular weight excluding hydrogens is 309 g/mol. The van der Waals surface area contributed by atoms with Crippen molar-refractivity contribution in [1.29, 1.82) is 0 Å². The molecule has 1 amide bonds. The van der Waals surface area contributed by atoms with Gasteiger partial charge in [-0.25, -0.2) is 0 Å². The summed E-state index contributed by atoms with van der Waals surface area (Å²) in [5.41, 5.74) is 0. The molecule has 0 radical (unpaired) electrons. The number of hydrogen-bond donors (Lipinski definition) is 2. The molecule has 0 fully saturated rings. The van der Waals surface area contributed by atoms with Gasteiger partial charge in [-0.1, -0.05) is 29.3 Å². The minimum Gasteiger partial charge on any atom is -0.481 e. The summed E-state index contributed by atoms with van der Waals surface area (Å²) in [5, 5.41) is 12.7. The van der Waals surface area contributed by atoms with Gasteiger partial charge in [-0.2, -0.15) is 0 Å². The standard InChI is InChI=1S/C12H9Cl2NO3S/c13-6-1-2-7-8(5-6)19-11(10(7)14)12(18)15-4-3-9(16)17/h1-2,5H,3-4H2,(H,15,18)(H,16,17). The van der Waals surface area contributed by atoms with Crippen LogP contribution < -0.4 is 5.32 Å². The second-order valence-electron chi connectivity index (χ2n) is 3.79. The third-order valence-corrected chi connectivity index (χ3v) is 4.31. The predicted octanol–water partition coefficient (Wildman–Crippen LogP) is 3.41. The molecule has 19 heavy (non-hydrogen) atoms. The summed E-state index contributed by atoms with van der Waals surface area (Å²) < 4.78 is 0.820. The number of carboxylic acid groups (broad SMARTS) is 1. The maximum absolute atomic E-state index is 11.9. The first kappa shape index (κ1) is 14.1. The highest BCUT2D eigenvalue weighted by molar-refractivity contribution is 7.21. The monoisotopic (exact) mass is 317 g/mol. The van der Waals surface area contributed by atoms with Crippen molar-refractivity contribution in [2.24, 2.45) is 0 Å². The number of carboxylic acids is 1. The topological polar surface area (TPSA) is 66.4 Å². The van der Waals surface area contributed by atoms with E-state index in [2.05, 4.69) is 5.32 Å². The summed E-state index contributed by atoms with van der Waals surface area (Å²) in [6.45, 7) is 0.0689. The molecule has 0 saturated carbocycles. The number of hydrogen-bond acceptors (Lipinski definition) is 3. The van der Waals surface area contributed by atoms with Crippen molar-refractivity contribution in [3.63, 3.8) is 0 Å². The fourth-order valence-corrected chi connectivity index (χ4v) is 3.26. The predicted molar refractivity (Wildman–Crippen MR) is 76.4 cm³/mol. The van der Waals surface area contributed by atoms with Crippen molar-refractivity contribution in [3.8, 4) is 0 Å². The number of nitrogens with one attached hydrogen (secondary N) is 1. The van der Waals surface area contributed by atoms with Gasteiger partial charge in [0.15, 0.2) is 0 Å². The molecule has 2 N–H and O–H groups in total. The van der Waals surface area contributed by atoms with Crippen molar-refractivity contribution in [3.05, 3.63) is 33.1 Å². The van der Waals surface area contributed by atoms with E-state index in [1.807, 2.05) is 0 Å². The van der Waals surface area contributed by atoms with Crippen molar-refractivity contribution in [1.82, 2.24) is 5.32 Å². The first-order valence-corrected chi connectivity index (χ1v) is 6.94. The average molecular weight is 318 g/mol. The van der Waals surface area contributed by atoms with E-state index in [1.165, 1.54) is 11.3 Å². The molecule has 0 atom stereocenters. The molecule has 7 heteroatoms. The molecule has 1 aromatic heterocycles. The number of halogens is 2. The van der Waals surface area contributed by atoms with Gasteiger partial charge in [-0.15, -0.1) is 11.3 Å². The fraction of sp³-hybridized carbons (Fsp3) is 0.167. The molecule has 0 saturated heterocycles. The Bertz CT molecular complexity index is 654. The zero-order valence-electron chi connectivity index (χ0n) is 9.57. The number of benzene rings is 1. The van der Waals surface area contributed by atoms with Crippen LogP contribution in [0, 0.1) is 0 Å². The van der Waals surface area contributed by atoms with Crippen molar-refractivity contribution in [2.75, 3.05) is 6.54 Å². The third kappa shape index (κ3) is 3.18. The molecule has 0 aliphatic heterocycles. The summed E-state index contributed by atoms with van der Waals surface area (Å²) in [4.78, 5) is 22.6. The Morgan fingerprint density at radius 1 is 1.32 bits per heavy atom. The molecule has 4 nitrogen and oxygen atoms in total. The Labute approximate surface area is 122 Å². The van der Waals surface area contributed by atoms with Crippen molar-refractivity contribution < 1.29 is 14.7 Å². The van der Waals surface area contributed by atoms with Gasteiger partial charge in [0.25, 0.3) is 5.91 Å². The summed E-state index contributed by atoms with van der Waals surface area (Å²) in [7, 11) is 0. The van der Waals surface area contributed by atoms with Crippen LogP contribution in [0.4, 0.5) is 0 Å². The van der Waals surface area contributed by atoms with Gasteiger partial charge in [-0.05, 0) is 12.1 Å². The van der Waals surface area contributed by atoms with E-state index in [0.717, 1.165) is 10.1 Å². The Morgan fingerprint density at radius 2 is 2.05 bits per heavy atom. The Balaban J connectivity index is 2.22. The van der Waals surface area contributed by atoms with Crippen LogP contribution in [0.5, 0.6) is 0 Å². The molecule has 2 aromatic rings. The molecular formula is C12H9Cl2NO3S. The number of carbonyl (C=O) groups excluding carboxylic acids is 1. The first-order valence-electron chi connectivity index (χ1n) is 5.36. The van der Waals surface area contributed by atoms with Gasteiger partial charge in [0.2, 0.25) is 0 Å². The summed E-state index contributed by atoms with van der Waals surface area (Å²) >= 11 is 13.2. The maximum Gasteiger partial charge on any atom is 0.305 e. The number of carbonyl (C=O) groups is 2. The van der Waals surface area contributed by atoms with Crippen molar-refractivity contribution >= 4 is 56.5 Å². The minimum absolute atomic E-state index is 0.0689. The Hall–Kier alpha value is -1.30. The van der Waals surface area contributed by atoms with E-state index in [4.69, 9.17) is 28.3 Å². The molecule has 1 heterocycles. The minimum atomic E-state index is -0.963. The quantitative estimate of drug-likeness (QED) is 0.908. The van der Waals surface area contributed by atoms with E-state index in [-0.39, 0.29) is 18.9 Å². The average Bonchev–Trinajstić information content (AvgIpc) is 2.65. The van der Waals surface area contributed by atoms with E-state index in [9.17, 15) is 9.59 Å². The Kier molecular flexibility index (Phi) is 4.29. The SMILES string of the molecule is O=C(O)CCNC(=O)c1sc2cc(Cl)ccc2c1Cl. The van der Waals surface area contributed by atoms with Crippen LogP contribution in [0.15, 0.2) is 18.2 Å². The van der Waals surface area contributed by atoms with Gasteiger partial charge in [0.1, 0.15) is 4.88 Å². The molecule has 0 bridgehead atoms. The summed E-state index contributed by atoms with van der Waals surface area (Å²) in [6.07, 6.45) is -0.125. The molecule has 100 valence electrons. The lowest BCUT2D eigenvalue weighted by atomic mass is 10.2. The Morgan fingerprint density at radius 3 is 2.74 bits per heavy atom. The largest absolute Gasteiger partial charge is 0.481 e. The van der Waals surface area contributed by atoms with Gasteiger partial charge in [-0.3, -0.25) is 9.59 Å². The van der Waals surface area contributed by atoms with E-state index in [0.29, 0.717) is 14.9 Å². The lowest BCUT2D eigenvalue weighted by Gasteiger charge is -2.01. The van der Waals surface area contributed by atoms with E-state index >= 15 is 0 Å². The van der Waals surface area contributed by atoms with Gasteiger partial charge < -0.3 is 10.4 Å². The second kappa shape index (κ2) is 5.77. The molecule has 2 rings (SSSR count). The third-order valence-electron chi connectivity index (χ3n) is 2.42. The summed E-state index contributed by atoms with van der Waals surface area (Å²) in [5.74, 6) is -1.34. The molecule has 0 spiro atoms. The number of fused-ring (bicyclic) bond motifs is 1. The molecule has 0 aliphatic carbocycles. The number of amides is 1. The number of aliphatic carboxylic acids is 1. The van der Waals surface area contributed by atoms with Crippen LogP contribution >= 0.6 is 34.5 Å². The second-order valence-corrected chi connectivity index (χ2v) is 5.65. The van der Waals surface area contributed by atoms with Crippen molar-refractivity contribution in [2.45, 2.75) is 6.42 Å². The van der Waals surface area contributed by atoms with E-state index < -0.39 is 5.97 Å². The summed E-state index contributed by atoms with van der Waals surface area (Å²) in [6, 6.07) is 5.20. The lowest BCUT2D eigenvalue weighted by molar-refractivity contribution is -0.136. The van der Waals surface area contributed by atoms with Crippen LogP contribution in [0.2, 0.25) is 10.0 Å². The normalized spacial score (nSPS) is 10.6. The maximum atomic E-state index is 11.9. The van der Waals surface area contributed by atoms with Crippen LogP contribution in [-0.2, 0) is 4.79 Å². The molecule has 0 aliphatic rings. The highest BCUT2D eigenvalue weighted by Crippen LogP contribution is 2.36. The van der Waals surface area contributed by atoms with Gasteiger partial charge >= 0.3 is 5.97 Å². The van der Waals surface area contributed by atoms with Crippen LogP contribution in [0.1, 0.15) is 16.1 Å². The van der Waals surface area contributed by atoms with Crippen LogP contribution in [-0.4, -0.2) is 23.5 Å². The van der Waals surface area contributed by atoms with Gasteiger partial charge in [0.05, 0.1) is 11.4 Å². The fourth-order valence-electron chi connectivity index (χ4n) is 1.55. The van der Waals surface area contributed by atoms with E-state index in [1.54, 1.807) is 18.2 Å². The highest BCUT2D eigenvalue weighted by atomic mass is 35.5. The number of thiophene rings is 1. The smallest absolute Gasteiger partial charge is 0.305 e. The molecule has 1 aromatic carbocycles. The molecule has 0 unspecified atom stereocenters.